The van der Waals surface area contributed by atoms with E-state index in [-0.39, 0.29) is 12.5 Å². The van der Waals surface area contributed by atoms with Gasteiger partial charge >= 0.3 is 0 Å². The van der Waals surface area contributed by atoms with Crippen LogP contribution in [0.5, 0.6) is 0 Å². The maximum absolute atomic E-state index is 11.7. The van der Waals surface area contributed by atoms with E-state index in [1.807, 2.05) is 19.1 Å². The molecule has 1 saturated carbocycles. The highest BCUT2D eigenvalue weighted by atomic mass is 16.1. The Morgan fingerprint density at radius 3 is 2.73 bits per heavy atom. The topological polar surface area (TPSA) is 65.5 Å². The number of carbonyl (C=O) groups is 1. The Morgan fingerprint density at radius 1 is 1.27 bits per heavy atom. The number of guanidine groups is 1. The monoisotopic (exact) mass is 302 g/mol. The van der Waals surface area contributed by atoms with Gasteiger partial charge in [0.2, 0.25) is 5.91 Å². The highest BCUT2D eigenvalue weighted by Gasteiger charge is 2.22. The number of aliphatic imine (C=N–C) groups is 1. The van der Waals surface area contributed by atoms with Crippen LogP contribution >= 0.6 is 0 Å². The SMILES string of the molecule is CCCNC(=O)CNC(=NCc1ccccc1C)NC1CC1. The molecule has 5 nitrogen and oxygen atoms in total. The van der Waals surface area contributed by atoms with Crippen LogP contribution in [0.3, 0.4) is 0 Å². The van der Waals surface area contributed by atoms with E-state index < -0.39 is 0 Å². The summed E-state index contributed by atoms with van der Waals surface area (Å²) in [5, 5.41) is 9.32. The van der Waals surface area contributed by atoms with Crippen molar-refractivity contribution in [1.29, 1.82) is 0 Å². The van der Waals surface area contributed by atoms with Gasteiger partial charge < -0.3 is 16.0 Å². The largest absolute Gasteiger partial charge is 0.355 e. The molecule has 120 valence electrons. The summed E-state index contributed by atoms with van der Waals surface area (Å²) in [7, 11) is 0. The van der Waals surface area contributed by atoms with Gasteiger partial charge in [0.25, 0.3) is 0 Å². The van der Waals surface area contributed by atoms with Crippen LogP contribution in [-0.2, 0) is 11.3 Å². The molecule has 1 aliphatic carbocycles. The molecule has 2 rings (SSSR count). The molecule has 0 heterocycles. The first-order chi connectivity index (χ1) is 10.7. The zero-order chi connectivity index (χ0) is 15.8. The van der Waals surface area contributed by atoms with Gasteiger partial charge in [-0.05, 0) is 37.3 Å². The van der Waals surface area contributed by atoms with Crippen molar-refractivity contribution in [2.45, 2.75) is 45.7 Å². The summed E-state index contributed by atoms with van der Waals surface area (Å²) in [5.74, 6) is 0.723. The molecule has 1 aromatic carbocycles. The Hall–Kier alpha value is -2.04. The van der Waals surface area contributed by atoms with Crippen molar-refractivity contribution in [3.8, 4) is 0 Å². The van der Waals surface area contributed by atoms with Crippen LogP contribution in [0.2, 0.25) is 0 Å². The van der Waals surface area contributed by atoms with Gasteiger partial charge in [0.1, 0.15) is 0 Å². The maximum Gasteiger partial charge on any atom is 0.239 e. The maximum atomic E-state index is 11.7. The van der Waals surface area contributed by atoms with E-state index in [9.17, 15) is 4.79 Å². The highest BCUT2D eigenvalue weighted by molar-refractivity contribution is 5.86. The van der Waals surface area contributed by atoms with Gasteiger partial charge in [0, 0.05) is 12.6 Å². The lowest BCUT2D eigenvalue weighted by Gasteiger charge is -2.12. The van der Waals surface area contributed by atoms with Crippen molar-refractivity contribution in [3.05, 3.63) is 35.4 Å². The molecule has 1 amide bonds. The zero-order valence-electron chi connectivity index (χ0n) is 13.5. The number of benzene rings is 1. The average Bonchev–Trinajstić information content (AvgIpc) is 3.33. The lowest BCUT2D eigenvalue weighted by molar-refractivity contribution is -0.120. The molecule has 0 spiro atoms. The summed E-state index contributed by atoms with van der Waals surface area (Å²) < 4.78 is 0. The first-order valence-corrected chi connectivity index (χ1v) is 8.05. The number of nitrogens with one attached hydrogen (secondary N) is 3. The molecule has 0 bridgehead atoms. The molecule has 0 aromatic heterocycles. The van der Waals surface area contributed by atoms with Gasteiger partial charge in [-0.1, -0.05) is 31.2 Å². The van der Waals surface area contributed by atoms with E-state index >= 15 is 0 Å². The minimum absolute atomic E-state index is 0.00281. The second-order valence-corrected chi connectivity index (χ2v) is 5.71. The molecule has 0 saturated heterocycles. The van der Waals surface area contributed by atoms with E-state index in [4.69, 9.17) is 0 Å². The highest BCUT2D eigenvalue weighted by Crippen LogP contribution is 2.18. The van der Waals surface area contributed by atoms with Crippen molar-refractivity contribution in [1.82, 2.24) is 16.0 Å². The fraction of sp³-hybridized carbons (Fsp3) is 0.529. The first kappa shape index (κ1) is 16.3. The second kappa shape index (κ2) is 8.41. The second-order valence-electron chi connectivity index (χ2n) is 5.71. The number of amides is 1. The van der Waals surface area contributed by atoms with E-state index in [2.05, 4.69) is 40.0 Å². The summed E-state index contributed by atoms with van der Waals surface area (Å²) in [6.45, 7) is 5.71. The van der Waals surface area contributed by atoms with Crippen molar-refractivity contribution >= 4 is 11.9 Å². The predicted molar refractivity (Wildman–Crippen MR) is 89.8 cm³/mol. The van der Waals surface area contributed by atoms with Crippen molar-refractivity contribution in [2.24, 2.45) is 4.99 Å². The van der Waals surface area contributed by atoms with Gasteiger partial charge in [-0.2, -0.15) is 0 Å². The Balaban J connectivity index is 1.89. The Bertz CT molecular complexity index is 523. The van der Waals surface area contributed by atoms with Crippen LogP contribution in [0.25, 0.3) is 0 Å². The normalized spacial score (nSPS) is 14.5. The van der Waals surface area contributed by atoms with E-state index in [0.29, 0.717) is 19.1 Å². The molecular weight excluding hydrogens is 276 g/mol. The van der Waals surface area contributed by atoms with E-state index in [1.165, 1.54) is 24.0 Å². The fourth-order valence-electron chi connectivity index (χ4n) is 2.02. The lowest BCUT2D eigenvalue weighted by atomic mass is 10.1. The molecule has 1 aliphatic rings. The Kier molecular flexibility index (Phi) is 6.25. The van der Waals surface area contributed by atoms with Gasteiger partial charge in [-0.3, -0.25) is 4.79 Å². The number of nitrogens with zero attached hydrogens (tertiary/aromatic N) is 1. The van der Waals surface area contributed by atoms with Crippen LogP contribution < -0.4 is 16.0 Å². The molecular formula is C17H26N4O. The molecule has 0 atom stereocenters. The number of rotatable bonds is 7. The summed E-state index contributed by atoms with van der Waals surface area (Å²) in [6, 6.07) is 8.73. The standard InChI is InChI=1S/C17H26N4O/c1-3-10-18-16(22)12-20-17(21-15-8-9-15)19-11-14-7-5-4-6-13(14)2/h4-7,15H,3,8-12H2,1-2H3,(H,18,22)(H2,19,20,21). The molecule has 0 unspecified atom stereocenters. The van der Waals surface area contributed by atoms with Crippen LogP contribution in [0, 0.1) is 6.92 Å². The third-order valence-corrected chi connectivity index (χ3v) is 3.58. The zero-order valence-corrected chi connectivity index (χ0v) is 13.5. The smallest absolute Gasteiger partial charge is 0.239 e. The van der Waals surface area contributed by atoms with Crippen LogP contribution in [0.4, 0.5) is 0 Å². The van der Waals surface area contributed by atoms with E-state index in [0.717, 1.165) is 12.4 Å². The van der Waals surface area contributed by atoms with Gasteiger partial charge in [-0.15, -0.1) is 0 Å². The van der Waals surface area contributed by atoms with Crippen LogP contribution in [0.1, 0.15) is 37.3 Å². The fourth-order valence-corrected chi connectivity index (χ4v) is 2.02. The molecule has 3 N–H and O–H groups in total. The van der Waals surface area contributed by atoms with E-state index in [1.54, 1.807) is 0 Å². The van der Waals surface area contributed by atoms with Gasteiger partial charge in [0.05, 0.1) is 13.1 Å². The van der Waals surface area contributed by atoms with Crippen molar-refractivity contribution in [3.63, 3.8) is 0 Å². The quantitative estimate of drug-likeness (QED) is 0.531. The Labute approximate surface area is 132 Å². The molecule has 1 aromatic rings. The summed E-state index contributed by atoms with van der Waals surface area (Å²) in [6.07, 6.45) is 3.29. The van der Waals surface area contributed by atoms with Crippen molar-refractivity contribution in [2.75, 3.05) is 13.1 Å². The number of hydrogen-bond donors (Lipinski definition) is 3. The molecule has 0 aliphatic heterocycles. The Morgan fingerprint density at radius 2 is 2.05 bits per heavy atom. The third kappa shape index (κ3) is 5.76. The molecule has 1 fully saturated rings. The number of carbonyl (C=O) groups excluding carboxylic acids is 1. The lowest BCUT2D eigenvalue weighted by Crippen LogP contribution is -2.44. The molecule has 0 radical (unpaired) electrons. The van der Waals surface area contributed by atoms with Gasteiger partial charge in [-0.25, -0.2) is 4.99 Å². The minimum atomic E-state index is 0.00281. The molecule has 5 heteroatoms. The van der Waals surface area contributed by atoms with Gasteiger partial charge in [0.15, 0.2) is 5.96 Å². The summed E-state index contributed by atoms with van der Waals surface area (Å²) in [4.78, 5) is 16.3. The first-order valence-electron chi connectivity index (χ1n) is 8.05. The van der Waals surface area contributed by atoms with Crippen molar-refractivity contribution < 1.29 is 4.79 Å². The molecule has 22 heavy (non-hydrogen) atoms. The predicted octanol–water partition coefficient (Wildman–Crippen LogP) is 1.72. The van der Waals surface area contributed by atoms with Crippen LogP contribution in [0.15, 0.2) is 29.3 Å². The average molecular weight is 302 g/mol. The third-order valence-electron chi connectivity index (χ3n) is 3.58. The summed E-state index contributed by atoms with van der Waals surface area (Å²) >= 11 is 0. The van der Waals surface area contributed by atoms with Crippen LogP contribution in [-0.4, -0.2) is 31.0 Å². The number of aryl methyl sites for hydroxylation is 1. The minimum Gasteiger partial charge on any atom is -0.355 e. The summed E-state index contributed by atoms with van der Waals surface area (Å²) in [5.41, 5.74) is 2.44. The number of hydrogen-bond acceptors (Lipinski definition) is 2.